The van der Waals surface area contributed by atoms with Gasteiger partial charge in [-0.2, -0.15) is 13.2 Å². The van der Waals surface area contributed by atoms with Gasteiger partial charge in [0, 0.05) is 19.1 Å². The fourth-order valence-electron chi connectivity index (χ4n) is 2.24. The van der Waals surface area contributed by atoms with E-state index < -0.39 is 11.7 Å². The molecular formula is C14H18F3NO2. The third kappa shape index (κ3) is 3.71. The lowest BCUT2D eigenvalue weighted by Crippen LogP contribution is -2.48. The Morgan fingerprint density at radius 3 is 2.50 bits per heavy atom. The van der Waals surface area contributed by atoms with E-state index in [0.29, 0.717) is 19.7 Å². The summed E-state index contributed by atoms with van der Waals surface area (Å²) >= 11 is 0. The van der Waals surface area contributed by atoms with Crippen molar-refractivity contribution in [1.82, 2.24) is 4.90 Å². The van der Waals surface area contributed by atoms with Crippen LogP contribution in [0.1, 0.15) is 18.1 Å². The topological polar surface area (TPSA) is 32.7 Å². The Kier molecular flexibility index (Phi) is 4.67. The molecule has 1 aromatic carbocycles. The van der Waals surface area contributed by atoms with Gasteiger partial charge in [-0.15, -0.1) is 0 Å². The number of aliphatic hydroxyl groups excluding tert-OH is 1. The number of benzene rings is 1. The number of hydrogen-bond donors (Lipinski definition) is 1. The average molecular weight is 289 g/mol. The second-order valence-electron chi connectivity index (χ2n) is 5.11. The SMILES string of the molecule is CC1COC(CO)CN1Cc1ccc(C(F)(F)F)cc1. The lowest BCUT2D eigenvalue weighted by molar-refractivity contribution is -0.137. The minimum atomic E-state index is -4.30. The van der Waals surface area contributed by atoms with Gasteiger partial charge >= 0.3 is 6.18 Å². The molecule has 0 saturated carbocycles. The second kappa shape index (κ2) is 6.11. The van der Waals surface area contributed by atoms with Gasteiger partial charge in [0.05, 0.1) is 24.9 Å². The highest BCUT2D eigenvalue weighted by atomic mass is 19.4. The summed E-state index contributed by atoms with van der Waals surface area (Å²) in [5.74, 6) is 0. The summed E-state index contributed by atoms with van der Waals surface area (Å²) in [6.45, 7) is 3.61. The van der Waals surface area contributed by atoms with Gasteiger partial charge in [-0.1, -0.05) is 12.1 Å². The Hall–Kier alpha value is -1.11. The third-order valence-electron chi connectivity index (χ3n) is 3.51. The van der Waals surface area contributed by atoms with Crippen LogP contribution in [0.5, 0.6) is 0 Å². The van der Waals surface area contributed by atoms with Crippen molar-refractivity contribution >= 4 is 0 Å². The second-order valence-corrected chi connectivity index (χ2v) is 5.11. The van der Waals surface area contributed by atoms with E-state index >= 15 is 0 Å². The molecule has 0 spiro atoms. The lowest BCUT2D eigenvalue weighted by Gasteiger charge is -2.37. The van der Waals surface area contributed by atoms with E-state index in [4.69, 9.17) is 9.84 Å². The van der Waals surface area contributed by atoms with Gasteiger partial charge < -0.3 is 9.84 Å². The highest BCUT2D eigenvalue weighted by Gasteiger charge is 2.30. The molecule has 2 unspecified atom stereocenters. The maximum Gasteiger partial charge on any atom is 0.416 e. The van der Waals surface area contributed by atoms with E-state index in [1.807, 2.05) is 6.92 Å². The number of nitrogens with zero attached hydrogens (tertiary/aromatic N) is 1. The van der Waals surface area contributed by atoms with E-state index in [0.717, 1.165) is 17.7 Å². The van der Waals surface area contributed by atoms with E-state index in [9.17, 15) is 13.2 Å². The molecule has 1 fully saturated rings. The van der Waals surface area contributed by atoms with E-state index in [1.54, 1.807) is 0 Å². The number of aliphatic hydroxyl groups is 1. The number of halogens is 3. The average Bonchev–Trinajstić information content (AvgIpc) is 2.41. The molecule has 2 rings (SSSR count). The van der Waals surface area contributed by atoms with Gasteiger partial charge in [-0.05, 0) is 24.6 Å². The van der Waals surface area contributed by atoms with Crippen molar-refractivity contribution in [2.24, 2.45) is 0 Å². The fraction of sp³-hybridized carbons (Fsp3) is 0.571. The Bertz CT molecular complexity index is 433. The molecule has 1 aromatic rings. The van der Waals surface area contributed by atoms with Crippen LogP contribution in [-0.2, 0) is 17.5 Å². The first-order valence-electron chi connectivity index (χ1n) is 6.53. The Labute approximate surface area is 116 Å². The van der Waals surface area contributed by atoms with Gasteiger partial charge in [-0.3, -0.25) is 4.90 Å². The molecule has 6 heteroatoms. The summed E-state index contributed by atoms with van der Waals surface area (Å²) < 4.78 is 42.9. The number of rotatable bonds is 3. The number of ether oxygens (including phenoxy) is 1. The van der Waals surface area contributed by atoms with Gasteiger partial charge in [0.1, 0.15) is 0 Å². The molecule has 0 amide bonds. The zero-order valence-electron chi connectivity index (χ0n) is 11.2. The molecule has 0 aromatic heterocycles. The minimum Gasteiger partial charge on any atom is -0.394 e. The Balaban J connectivity index is 2.02. The molecule has 2 atom stereocenters. The Morgan fingerprint density at radius 2 is 1.95 bits per heavy atom. The number of hydrogen-bond acceptors (Lipinski definition) is 3. The van der Waals surface area contributed by atoms with Crippen molar-refractivity contribution in [3.63, 3.8) is 0 Å². The summed E-state index contributed by atoms with van der Waals surface area (Å²) in [7, 11) is 0. The zero-order valence-corrected chi connectivity index (χ0v) is 11.2. The predicted molar refractivity (Wildman–Crippen MR) is 68.1 cm³/mol. The third-order valence-corrected chi connectivity index (χ3v) is 3.51. The largest absolute Gasteiger partial charge is 0.416 e. The summed E-state index contributed by atoms with van der Waals surface area (Å²) in [6.07, 6.45) is -4.52. The first-order chi connectivity index (χ1) is 9.40. The molecular weight excluding hydrogens is 271 g/mol. The van der Waals surface area contributed by atoms with Gasteiger partial charge in [-0.25, -0.2) is 0 Å². The normalized spacial score (nSPS) is 24.9. The monoisotopic (exact) mass is 289 g/mol. The van der Waals surface area contributed by atoms with Crippen LogP contribution in [-0.4, -0.2) is 41.9 Å². The first kappa shape index (κ1) is 15.3. The fourth-order valence-corrected chi connectivity index (χ4v) is 2.24. The molecule has 1 heterocycles. The van der Waals surface area contributed by atoms with Crippen molar-refractivity contribution in [3.8, 4) is 0 Å². The highest BCUT2D eigenvalue weighted by Crippen LogP contribution is 2.29. The van der Waals surface area contributed by atoms with Crippen LogP contribution in [0.4, 0.5) is 13.2 Å². The summed E-state index contributed by atoms with van der Waals surface area (Å²) in [5, 5.41) is 9.11. The summed E-state index contributed by atoms with van der Waals surface area (Å²) in [5.41, 5.74) is 0.188. The molecule has 3 nitrogen and oxygen atoms in total. The van der Waals surface area contributed by atoms with Crippen molar-refractivity contribution in [2.45, 2.75) is 31.8 Å². The molecule has 0 aliphatic carbocycles. The minimum absolute atomic E-state index is 0.0454. The Morgan fingerprint density at radius 1 is 1.30 bits per heavy atom. The predicted octanol–water partition coefficient (Wildman–Crippen LogP) is 2.29. The van der Waals surface area contributed by atoms with E-state index in [2.05, 4.69) is 4.90 Å². The smallest absolute Gasteiger partial charge is 0.394 e. The summed E-state index contributed by atoms with van der Waals surface area (Å²) in [6, 6.07) is 5.38. The molecule has 0 radical (unpaired) electrons. The van der Waals surface area contributed by atoms with Crippen LogP contribution in [0.25, 0.3) is 0 Å². The van der Waals surface area contributed by atoms with E-state index in [1.165, 1.54) is 12.1 Å². The molecule has 20 heavy (non-hydrogen) atoms. The maximum atomic E-state index is 12.5. The quantitative estimate of drug-likeness (QED) is 0.926. The molecule has 1 saturated heterocycles. The van der Waals surface area contributed by atoms with E-state index in [-0.39, 0.29) is 18.8 Å². The molecule has 1 aliphatic heterocycles. The maximum absolute atomic E-state index is 12.5. The standard InChI is InChI=1S/C14H18F3NO2/c1-10-9-20-13(8-19)7-18(10)6-11-2-4-12(5-3-11)14(15,16)17/h2-5,10,13,19H,6-9H2,1H3. The van der Waals surface area contributed by atoms with Crippen LogP contribution in [0.15, 0.2) is 24.3 Å². The zero-order chi connectivity index (χ0) is 14.8. The van der Waals surface area contributed by atoms with Crippen LogP contribution in [0.2, 0.25) is 0 Å². The van der Waals surface area contributed by atoms with Crippen LogP contribution < -0.4 is 0 Å². The van der Waals surface area contributed by atoms with Gasteiger partial charge in [0.15, 0.2) is 0 Å². The molecule has 1 N–H and O–H groups in total. The van der Waals surface area contributed by atoms with Gasteiger partial charge in [0.25, 0.3) is 0 Å². The van der Waals surface area contributed by atoms with Crippen LogP contribution in [0, 0.1) is 0 Å². The van der Waals surface area contributed by atoms with Crippen molar-refractivity contribution < 1.29 is 23.0 Å². The van der Waals surface area contributed by atoms with Crippen LogP contribution in [0.3, 0.4) is 0 Å². The highest BCUT2D eigenvalue weighted by molar-refractivity contribution is 5.24. The number of alkyl halides is 3. The summed E-state index contributed by atoms with van der Waals surface area (Å²) in [4.78, 5) is 2.10. The lowest BCUT2D eigenvalue weighted by atomic mass is 10.1. The molecule has 0 bridgehead atoms. The van der Waals surface area contributed by atoms with Crippen LogP contribution >= 0.6 is 0 Å². The molecule has 112 valence electrons. The molecule has 1 aliphatic rings. The van der Waals surface area contributed by atoms with Crippen molar-refractivity contribution in [1.29, 1.82) is 0 Å². The van der Waals surface area contributed by atoms with Crippen molar-refractivity contribution in [2.75, 3.05) is 19.8 Å². The van der Waals surface area contributed by atoms with Gasteiger partial charge in [0.2, 0.25) is 0 Å². The number of morpholine rings is 1. The first-order valence-corrected chi connectivity index (χ1v) is 6.53. The van der Waals surface area contributed by atoms with Crippen molar-refractivity contribution in [3.05, 3.63) is 35.4 Å².